The Balaban J connectivity index is 2.63. The van der Waals surface area contributed by atoms with Crippen LogP contribution in [0.4, 0.5) is 0 Å². The quantitative estimate of drug-likeness (QED) is 0.695. The summed E-state index contributed by atoms with van der Waals surface area (Å²) in [6.45, 7) is 5.90. The van der Waals surface area contributed by atoms with Crippen molar-refractivity contribution < 1.29 is 0 Å². The molecule has 2 rings (SSSR count). The molecule has 0 amide bonds. The van der Waals surface area contributed by atoms with Crippen LogP contribution in [0.5, 0.6) is 0 Å². The highest BCUT2D eigenvalue weighted by Crippen LogP contribution is 2.16. The van der Waals surface area contributed by atoms with Crippen LogP contribution in [0.3, 0.4) is 0 Å². The number of hydrogen-bond donors (Lipinski definition) is 0. The molecule has 0 N–H and O–H groups in total. The number of aromatic nitrogens is 4. The zero-order chi connectivity index (χ0) is 11.0. The Morgan fingerprint density at radius 2 is 1.93 bits per heavy atom. The maximum Gasteiger partial charge on any atom is 0.224 e. The molecule has 0 radical (unpaired) electrons. The van der Waals surface area contributed by atoms with Gasteiger partial charge in [-0.2, -0.15) is 4.98 Å². The minimum absolute atomic E-state index is 0.251. The second kappa shape index (κ2) is 3.62. The molecule has 5 heteroatoms. The SMILES string of the molecule is Cc1cnc(Cl)nc1-n1cnc(C)c1C. The van der Waals surface area contributed by atoms with E-state index in [0.29, 0.717) is 0 Å². The Morgan fingerprint density at radius 3 is 2.53 bits per heavy atom. The summed E-state index contributed by atoms with van der Waals surface area (Å²) in [4.78, 5) is 12.3. The van der Waals surface area contributed by atoms with Crippen LogP contribution < -0.4 is 0 Å². The second-order valence-corrected chi connectivity index (χ2v) is 3.77. The topological polar surface area (TPSA) is 43.6 Å². The van der Waals surface area contributed by atoms with Gasteiger partial charge in [0.1, 0.15) is 12.1 Å². The van der Waals surface area contributed by atoms with E-state index in [-0.39, 0.29) is 5.28 Å². The van der Waals surface area contributed by atoms with Crippen molar-refractivity contribution in [1.29, 1.82) is 0 Å². The van der Waals surface area contributed by atoms with Crippen LogP contribution in [0, 0.1) is 20.8 Å². The van der Waals surface area contributed by atoms with Gasteiger partial charge in [0.25, 0.3) is 0 Å². The Morgan fingerprint density at radius 1 is 1.20 bits per heavy atom. The third-order valence-electron chi connectivity index (χ3n) is 2.40. The fraction of sp³-hybridized carbons (Fsp3) is 0.300. The summed E-state index contributed by atoms with van der Waals surface area (Å²) in [7, 11) is 0. The lowest BCUT2D eigenvalue weighted by Crippen LogP contribution is -2.02. The maximum atomic E-state index is 5.77. The summed E-state index contributed by atoms with van der Waals surface area (Å²) >= 11 is 5.77. The summed E-state index contributed by atoms with van der Waals surface area (Å²) in [5.41, 5.74) is 3.02. The highest BCUT2D eigenvalue weighted by Gasteiger charge is 2.09. The highest BCUT2D eigenvalue weighted by molar-refractivity contribution is 6.28. The number of hydrogen-bond acceptors (Lipinski definition) is 3. The summed E-state index contributed by atoms with van der Waals surface area (Å²) in [6.07, 6.45) is 3.45. The van der Waals surface area contributed by atoms with E-state index in [9.17, 15) is 0 Å². The molecule has 0 aliphatic rings. The van der Waals surface area contributed by atoms with Gasteiger partial charge in [0.05, 0.1) is 5.69 Å². The summed E-state index contributed by atoms with van der Waals surface area (Å²) < 4.78 is 1.91. The number of nitrogens with zero attached hydrogens (tertiary/aromatic N) is 4. The van der Waals surface area contributed by atoms with Crippen molar-refractivity contribution in [2.45, 2.75) is 20.8 Å². The van der Waals surface area contributed by atoms with Crippen molar-refractivity contribution >= 4 is 11.6 Å². The molecule has 2 aromatic rings. The van der Waals surface area contributed by atoms with Gasteiger partial charge < -0.3 is 0 Å². The zero-order valence-electron chi connectivity index (χ0n) is 8.82. The Kier molecular flexibility index (Phi) is 2.44. The van der Waals surface area contributed by atoms with Crippen molar-refractivity contribution in [2.24, 2.45) is 0 Å². The monoisotopic (exact) mass is 222 g/mol. The van der Waals surface area contributed by atoms with E-state index in [1.165, 1.54) is 0 Å². The van der Waals surface area contributed by atoms with Gasteiger partial charge in [0.2, 0.25) is 5.28 Å². The minimum atomic E-state index is 0.251. The van der Waals surface area contributed by atoms with E-state index in [0.717, 1.165) is 22.8 Å². The van der Waals surface area contributed by atoms with Crippen molar-refractivity contribution in [2.75, 3.05) is 0 Å². The number of rotatable bonds is 1. The van der Waals surface area contributed by atoms with Gasteiger partial charge in [-0.3, -0.25) is 4.57 Å². The number of imidazole rings is 1. The fourth-order valence-electron chi connectivity index (χ4n) is 1.37. The van der Waals surface area contributed by atoms with E-state index in [4.69, 9.17) is 11.6 Å². The molecule has 0 saturated heterocycles. The van der Waals surface area contributed by atoms with Gasteiger partial charge in [0.15, 0.2) is 0 Å². The molecule has 2 heterocycles. The fourth-order valence-corrected chi connectivity index (χ4v) is 1.50. The highest BCUT2D eigenvalue weighted by atomic mass is 35.5. The van der Waals surface area contributed by atoms with Gasteiger partial charge in [-0.15, -0.1) is 0 Å². The van der Waals surface area contributed by atoms with E-state index in [1.54, 1.807) is 12.5 Å². The summed E-state index contributed by atoms with van der Waals surface area (Å²) in [5.74, 6) is 0.785. The van der Waals surface area contributed by atoms with Crippen LogP contribution in [-0.2, 0) is 0 Å². The van der Waals surface area contributed by atoms with Crippen molar-refractivity contribution in [1.82, 2.24) is 19.5 Å². The van der Waals surface area contributed by atoms with E-state index < -0.39 is 0 Å². The van der Waals surface area contributed by atoms with Crippen molar-refractivity contribution in [3.8, 4) is 5.82 Å². The minimum Gasteiger partial charge on any atom is -0.287 e. The average molecular weight is 223 g/mol. The first kappa shape index (κ1) is 10.1. The zero-order valence-corrected chi connectivity index (χ0v) is 9.58. The maximum absolute atomic E-state index is 5.77. The lowest BCUT2D eigenvalue weighted by Gasteiger charge is -2.07. The lowest BCUT2D eigenvalue weighted by atomic mass is 10.3. The van der Waals surface area contributed by atoms with Crippen LogP contribution in [-0.4, -0.2) is 19.5 Å². The molecular weight excluding hydrogens is 212 g/mol. The first-order chi connectivity index (χ1) is 7.09. The number of aryl methyl sites for hydroxylation is 2. The predicted molar refractivity (Wildman–Crippen MR) is 58.4 cm³/mol. The van der Waals surface area contributed by atoms with Crippen LogP contribution in [0.1, 0.15) is 17.0 Å². The largest absolute Gasteiger partial charge is 0.287 e. The van der Waals surface area contributed by atoms with Crippen molar-refractivity contribution in [3.63, 3.8) is 0 Å². The molecule has 78 valence electrons. The Bertz CT molecular complexity index is 504. The molecule has 0 unspecified atom stereocenters. The second-order valence-electron chi connectivity index (χ2n) is 3.43. The average Bonchev–Trinajstić information content (AvgIpc) is 2.52. The molecule has 0 saturated carbocycles. The predicted octanol–water partition coefficient (Wildman–Crippen LogP) is 2.24. The molecule has 0 fully saturated rings. The van der Waals surface area contributed by atoms with E-state index >= 15 is 0 Å². The summed E-state index contributed by atoms with van der Waals surface area (Å²) in [6, 6.07) is 0. The third-order valence-corrected chi connectivity index (χ3v) is 2.58. The molecule has 0 spiro atoms. The van der Waals surface area contributed by atoms with E-state index in [2.05, 4.69) is 15.0 Å². The Hall–Kier alpha value is -1.42. The third kappa shape index (κ3) is 1.72. The first-order valence-electron chi connectivity index (χ1n) is 4.59. The standard InChI is InChI=1S/C10H11ClN4/c1-6-4-12-10(11)14-9(6)15-5-13-7(2)8(15)3/h4-5H,1-3H3. The van der Waals surface area contributed by atoms with Crippen LogP contribution in [0.25, 0.3) is 5.82 Å². The summed E-state index contributed by atoms with van der Waals surface area (Å²) in [5, 5.41) is 0.251. The van der Waals surface area contributed by atoms with Gasteiger partial charge in [-0.1, -0.05) is 0 Å². The first-order valence-corrected chi connectivity index (χ1v) is 4.97. The normalized spacial score (nSPS) is 10.7. The molecule has 0 atom stereocenters. The van der Waals surface area contributed by atoms with Crippen LogP contribution >= 0.6 is 11.6 Å². The molecule has 0 aliphatic carbocycles. The molecule has 15 heavy (non-hydrogen) atoms. The van der Waals surface area contributed by atoms with E-state index in [1.807, 2.05) is 25.3 Å². The van der Waals surface area contributed by atoms with Gasteiger partial charge >= 0.3 is 0 Å². The number of halogens is 1. The molecule has 2 aromatic heterocycles. The van der Waals surface area contributed by atoms with Crippen LogP contribution in [0.2, 0.25) is 5.28 Å². The van der Waals surface area contributed by atoms with Crippen molar-refractivity contribution in [3.05, 3.63) is 34.8 Å². The molecule has 0 aromatic carbocycles. The molecule has 0 aliphatic heterocycles. The molecule has 4 nitrogen and oxygen atoms in total. The van der Waals surface area contributed by atoms with Gasteiger partial charge in [-0.25, -0.2) is 9.97 Å². The smallest absolute Gasteiger partial charge is 0.224 e. The van der Waals surface area contributed by atoms with Crippen LogP contribution in [0.15, 0.2) is 12.5 Å². The van der Waals surface area contributed by atoms with Gasteiger partial charge in [0, 0.05) is 17.5 Å². The Labute approximate surface area is 93.0 Å². The van der Waals surface area contributed by atoms with Gasteiger partial charge in [-0.05, 0) is 32.4 Å². The molecular formula is C10H11ClN4. The lowest BCUT2D eigenvalue weighted by molar-refractivity contribution is 0.918. The molecule has 0 bridgehead atoms.